The highest BCUT2D eigenvalue weighted by Crippen LogP contribution is 2.47. The Labute approximate surface area is 125 Å². The second-order valence-corrected chi connectivity index (χ2v) is 6.26. The van der Waals surface area contributed by atoms with Crippen LogP contribution in [0.25, 0.3) is 0 Å². The van der Waals surface area contributed by atoms with Crippen molar-refractivity contribution in [3.05, 3.63) is 60.2 Å². The number of likely N-dealkylation sites (tertiary alicyclic amines) is 1. The zero-order valence-corrected chi connectivity index (χ0v) is 12.1. The molecule has 0 bridgehead atoms. The summed E-state index contributed by atoms with van der Waals surface area (Å²) in [6.07, 6.45) is 0. The van der Waals surface area contributed by atoms with E-state index in [2.05, 4.69) is 46.6 Å². The van der Waals surface area contributed by atoms with E-state index in [1.807, 2.05) is 18.2 Å². The van der Waals surface area contributed by atoms with Gasteiger partial charge in [-0.1, -0.05) is 42.5 Å². The van der Waals surface area contributed by atoms with Crippen molar-refractivity contribution in [3.63, 3.8) is 0 Å². The molecule has 1 aliphatic carbocycles. The molecule has 2 aromatic rings. The fourth-order valence-electron chi connectivity index (χ4n) is 3.61. The van der Waals surface area contributed by atoms with Gasteiger partial charge in [0.25, 0.3) is 0 Å². The molecule has 0 amide bonds. The van der Waals surface area contributed by atoms with Crippen molar-refractivity contribution in [1.82, 2.24) is 4.90 Å². The van der Waals surface area contributed by atoms with Gasteiger partial charge in [0.05, 0.1) is 11.4 Å². The molecule has 4 rings (SSSR count). The topological polar surface area (TPSA) is 41.3 Å². The average Bonchev–Trinajstić information content (AvgIpc) is 2.94. The molecule has 0 radical (unpaired) electrons. The number of fused-ring (bicyclic) bond motifs is 1. The van der Waals surface area contributed by atoms with Crippen LogP contribution in [0.4, 0.5) is 11.4 Å². The second kappa shape index (κ2) is 5.08. The van der Waals surface area contributed by atoms with E-state index in [-0.39, 0.29) is 0 Å². The van der Waals surface area contributed by atoms with Gasteiger partial charge in [0, 0.05) is 25.7 Å². The number of anilines is 2. The maximum Gasteiger partial charge on any atom is 0.0576 e. The molecule has 1 heterocycles. The molecule has 0 aromatic heterocycles. The first-order chi connectivity index (χ1) is 10.3. The largest absolute Gasteiger partial charge is 0.397 e. The third kappa shape index (κ3) is 2.49. The summed E-state index contributed by atoms with van der Waals surface area (Å²) in [5, 5.41) is 3.62. The Hall–Kier alpha value is -2.00. The molecule has 3 N–H and O–H groups in total. The SMILES string of the molecule is Nc1ccccc1NC1[C@H]2CN(Cc3ccccc3)C[C@@H]12. The van der Waals surface area contributed by atoms with Crippen molar-refractivity contribution in [1.29, 1.82) is 0 Å². The van der Waals surface area contributed by atoms with E-state index in [0.717, 1.165) is 29.8 Å². The number of nitrogens with two attached hydrogens (primary N) is 1. The number of nitrogens with zero attached hydrogens (tertiary/aromatic N) is 1. The smallest absolute Gasteiger partial charge is 0.0576 e. The van der Waals surface area contributed by atoms with E-state index in [9.17, 15) is 0 Å². The van der Waals surface area contributed by atoms with Gasteiger partial charge in [0.2, 0.25) is 0 Å². The Balaban J connectivity index is 1.33. The Morgan fingerprint density at radius 1 is 0.952 bits per heavy atom. The van der Waals surface area contributed by atoms with Crippen molar-refractivity contribution in [3.8, 4) is 0 Å². The normalized spacial score (nSPS) is 27.3. The third-order valence-electron chi connectivity index (χ3n) is 4.80. The number of hydrogen-bond acceptors (Lipinski definition) is 3. The lowest BCUT2D eigenvalue weighted by molar-refractivity contribution is 0.293. The summed E-state index contributed by atoms with van der Waals surface area (Å²) in [6.45, 7) is 3.47. The van der Waals surface area contributed by atoms with Gasteiger partial charge < -0.3 is 11.1 Å². The number of para-hydroxylation sites is 2. The quantitative estimate of drug-likeness (QED) is 0.846. The van der Waals surface area contributed by atoms with Crippen molar-refractivity contribution in [2.75, 3.05) is 24.1 Å². The van der Waals surface area contributed by atoms with Crippen LogP contribution in [-0.2, 0) is 6.54 Å². The van der Waals surface area contributed by atoms with E-state index in [1.54, 1.807) is 0 Å². The number of benzene rings is 2. The molecule has 3 nitrogen and oxygen atoms in total. The Kier molecular flexibility index (Phi) is 3.08. The molecule has 3 atom stereocenters. The van der Waals surface area contributed by atoms with Crippen LogP contribution in [0.5, 0.6) is 0 Å². The molecule has 21 heavy (non-hydrogen) atoms. The molecular weight excluding hydrogens is 258 g/mol. The van der Waals surface area contributed by atoms with Gasteiger partial charge in [-0.3, -0.25) is 4.90 Å². The number of hydrogen-bond donors (Lipinski definition) is 2. The third-order valence-corrected chi connectivity index (χ3v) is 4.80. The summed E-state index contributed by atoms with van der Waals surface area (Å²) < 4.78 is 0. The number of nitrogen functional groups attached to an aromatic ring is 1. The van der Waals surface area contributed by atoms with E-state index in [0.29, 0.717) is 6.04 Å². The fourth-order valence-corrected chi connectivity index (χ4v) is 3.61. The average molecular weight is 279 g/mol. The highest BCUT2D eigenvalue weighted by atomic mass is 15.2. The Morgan fingerprint density at radius 2 is 1.62 bits per heavy atom. The lowest BCUT2D eigenvalue weighted by Gasteiger charge is -2.20. The van der Waals surface area contributed by atoms with Crippen LogP contribution in [0.1, 0.15) is 5.56 Å². The molecule has 1 aliphatic heterocycles. The Morgan fingerprint density at radius 3 is 2.33 bits per heavy atom. The van der Waals surface area contributed by atoms with Gasteiger partial charge in [-0.05, 0) is 29.5 Å². The predicted octanol–water partition coefficient (Wildman–Crippen LogP) is 2.81. The van der Waals surface area contributed by atoms with Crippen molar-refractivity contribution in [2.45, 2.75) is 12.6 Å². The van der Waals surface area contributed by atoms with Crippen molar-refractivity contribution < 1.29 is 0 Å². The predicted molar refractivity (Wildman–Crippen MR) is 87.0 cm³/mol. The standard InChI is InChI=1S/C18H21N3/c19-16-8-4-5-9-17(16)20-18-14-11-21(12-15(14)18)10-13-6-2-1-3-7-13/h1-9,14-15,18,20H,10-12,19H2/t14-,15+,18?. The molecule has 0 spiro atoms. The highest BCUT2D eigenvalue weighted by Gasteiger charge is 2.55. The molecule has 2 fully saturated rings. The van der Waals surface area contributed by atoms with E-state index in [4.69, 9.17) is 5.73 Å². The van der Waals surface area contributed by atoms with Crippen LogP contribution in [0.15, 0.2) is 54.6 Å². The molecule has 1 saturated carbocycles. The van der Waals surface area contributed by atoms with Crippen molar-refractivity contribution >= 4 is 11.4 Å². The molecule has 1 saturated heterocycles. The summed E-state index contributed by atoms with van der Waals surface area (Å²) in [7, 11) is 0. The first-order valence-electron chi connectivity index (χ1n) is 7.68. The Bertz CT molecular complexity index is 613. The van der Waals surface area contributed by atoms with Gasteiger partial charge >= 0.3 is 0 Å². The van der Waals surface area contributed by atoms with Crippen LogP contribution < -0.4 is 11.1 Å². The van der Waals surface area contributed by atoms with Crippen LogP contribution >= 0.6 is 0 Å². The molecule has 2 aromatic carbocycles. The van der Waals surface area contributed by atoms with E-state index in [1.165, 1.54) is 18.7 Å². The summed E-state index contributed by atoms with van der Waals surface area (Å²) in [6, 6.07) is 19.4. The summed E-state index contributed by atoms with van der Waals surface area (Å²) in [4.78, 5) is 2.57. The zero-order valence-electron chi connectivity index (χ0n) is 12.1. The maximum atomic E-state index is 6.00. The number of piperidine rings is 1. The zero-order chi connectivity index (χ0) is 14.2. The second-order valence-electron chi connectivity index (χ2n) is 6.26. The van der Waals surface area contributed by atoms with Crippen molar-refractivity contribution in [2.24, 2.45) is 11.8 Å². The van der Waals surface area contributed by atoms with Gasteiger partial charge in [-0.15, -0.1) is 0 Å². The molecule has 108 valence electrons. The lowest BCUT2D eigenvalue weighted by Crippen LogP contribution is -2.27. The summed E-state index contributed by atoms with van der Waals surface area (Å²) in [5.74, 6) is 1.57. The van der Waals surface area contributed by atoms with Gasteiger partial charge in [0.1, 0.15) is 0 Å². The summed E-state index contributed by atoms with van der Waals surface area (Å²) in [5.41, 5.74) is 9.36. The highest BCUT2D eigenvalue weighted by molar-refractivity contribution is 5.66. The molecule has 3 heteroatoms. The van der Waals surface area contributed by atoms with Crippen LogP contribution in [0.2, 0.25) is 0 Å². The van der Waals surface area contributed by atoms with E-state index < -0.39 is 0 Å². The van der Waals surface area contributed by atoms with Gasteiger partial charge in [-0.2, -0.15) is 0 Å². The van der Waals surface area contributed by atoms with Crippen LogP contribution in [-0.4, -0.2) is 24.0 Å². The minimum absolute atomic E-state index is 0.613. The molecule has 1 unspecified atom stereocenters. The summed E-state index contributed by atoms with van der Waals surface area (Å²) >= 11 is 0. The number of nitrogens with one attached hydrogen (secondary N) is 1. The minimum Gasteiger partial charge on any atom is -0.397 e. The first kappa shape index (κ1) is 12.7. The first-order valence-corrected chi connectivity index (χ1v) is 7.68. The molecule has 2 aliphatic rings. The monoisotopic (exact) mass is 279 g/mol. The lowest BCUT2D eigenvalue weighted by atomic mass is 10.2. The fraction of sp³-hybridized carbons (Fsp3) is 0.333. The molecular formula is C18H21N3. The van der Waals surface area contributed by atoms with Gasteiger partial charge in [-0.25, -0.2) is 0 Å². The minimum atomic E-state index is 0.613. The van der Waals surface area contributed by atoms with Crippen LogP contribution in [0.3, 0.4) is 0 Å². The number of rotatable bonds is 4. The van der Waals surface area contributed by atoms with Crippen LogP contribution in [0, 0.1) is 11.8 Å². The van der Waals surface area contributed by atoms with Gasteiger partial charge in [0.15, 0.2) is 0 Å². The van der Waals surface area contributed by atoms with E-state index >= 15 is 0 Å². The maximum absolute atomic E-state index is 6.00.